The molecule has 15 heteroatoms. The Morgan fingerprint density at radius 3 is 2.02 bits per heavy atom. The number of pyridine rings is 1. The van der Waals surface area contributed by atoms with Crippen molar-refractivity contribution in [3.63, 3.8) is 0 Å². The van der Waals surface area contributed by atoms with Crippen molar-refractivity contribution in [2.45, 2.75) is 167 Å². The van der Waals surface area contributed by atoms with Crippen LogP contribution in [-0.4, -0.2) is 112 Å². The van der Waals surface area contributed by atoms with Crippen LogP contribution in [0.2, 0.25) is 69.5 Å². The lowest BCUT2D eigenvalue weighted by Crippen LogP contribution is -2.52. The summed E-state index contributed by atoms with van der Waals surface area (Å²) in [7, 11) is -5.00. The number of ether oxygens (including phenoxy) is 4. The van der Waals surface area contributed by atoms with Gasteiger partial charge in [0, 0.05) is 64.2 Å². The Morgan fingerprint density at radius 2 is 1.47 bits per heavy atom. The number of carbonyl (C=O) groups excluding carboxylic acids is 1. The molecule has 1 aromatic carbocycles. The van der Waals surface area contributed by atoms with E-state index in [2.05, 4.69) is 109 Å². The molecule has 2 aliphatic rings. The van der Waals surface area contributed by atoms with Crippen molar-refractivity contribution in [2.24, 2.45) is 0 Å². The number of rotatable bonds is 19. The number of aromatic nitrogens is 4. The van der Waals surface area contributed by atoms with E-state index in [0.717, 1.165) is 58.0 Å². The van der Waals surface area contributed by atoms with Crippen LogP contribution in [0.1, 0.15) is 84.9 Å². The van der Waals surface area contributed by atoms with Gasteiger partial charge in [-0.1, -0.05) is 103 Å². The standard InChI is InChI=1S/C51H80N6O6Si3/c1-17-61-36(2)45-46(39-29-40-31-44(63-66(15,16)51(6,7)8)43(30-39)56(40)49(58)62-50(3,4)5)54-47-41(38-23-24-42(52-32-38)37-21-19-18-20-22-37)33-53-57(47)48(45)55(34-59-25-27-64(9,10)11)35-60-26-28-65(12,13)14/h18-24,32-33,39-40,43-44H,2,17,25-31,34-35H2,1,3-16H3. The van der Waals surface area contributed by atoms with Gasteiger partial charge >= 0.3 is 6.09 Å². The first-order valence-electron chi connectivity index (χ1n) is 24.1. The summed E-state index contributed by atoms with van der Waals surface area (Å²) in [5.74, 6) is 1.17. The molecular weight excluding hydrogens is 877 g/mol. The Labute approximate surface area is 399 Å². The smallest absolute Gasteiger partial charge is 0.410 e. The van der Waals surface area contributed by atoms with Gasteiger partial charge in [-0.05, 0) is 83.2 Å². The zero-order valence-corrected chi connectivity index (χ0v) is 45.9. The zero-order chi connectivity index (χ0) is 48.4. The van der Waals surface area contributed by atoms with Gasteiger partial charge in [0.05, 0.1) is 41.9 Å². The minimum atomic E-state index is -2.24. The highest BCUT2D eigenvalue weighted by atomic mass is 28.4. The number of hydrogen-bond donors (Lipinski definition) is 0. The monoisotopic (exact) mass is 957 g/mol. The molecule has 5 heterocycles. The Morgan fingerprint density at radius 1 is 0.833 bits per heavy atom. The summed E-state index contributed by atoms with van der Waals surface area (Å²) < 4.78 is 34.9. The quantitative estimate of drug-likeness (QED) is 0.0390. The molecule has 2 bridgehead atoms. The van der Waals surface area contributed by atoms with Crippen LogP contribution in [0.15, 0.2) is 61.4 Å². The van der Waals surface area contributed by atoms with E-state index in [-0.39, 0.29) is 48.7 Å². The Balaban J connectivity index is 1.54. The molecule has 2 saturated heterocycles. The highest BCUT2D eigenvalue weighted by Gasteiger charge is 2.54. The van der Waals surface area contributed by atoms with E-state index < -0.39 is 30.1 Å². The van der Waals surface area contributed by atoms with Crippen LogP contribution in [0, 0.1) is 0 Å². The van der Waals surface area contributed by atoms with Gasteiger partial charge in [0.15, 0.2) is 14.0 Å². The molecular formula is C51H80N6O6Si3. The summed E-state index contributed by atoms with van der Waals surface area (Å²) in [6.45, 7) is 40.2. The minimum absolute atomic E-state index is 0.00592. The van der Waals surface area contributed by atoms with Gasteiger partial charge in [0.2, 0.25) is 0 Å². The number of hydrogen-bond acceptors (Lipinski definition) is 10. The average Bonchev–Trinajstić information content (AvgIpc) is 3.73. The molecule has 0 spiro atoms. The molecule has 66 heavy (non-hydrogen) atoms. The fourth-order valence-electron chi connectivity index (χ4n) is 8.58. The van der Waals surface area contributed by atoms with Gasteiger partial charge in [-0.2, -0.15) is 9.61 Å². The number of fused-ring (bicyclic) bond motifs is 3. The summed E-state index contributed by atoms with van der Waals surface area (Å²) in [4.78, 5) is 28.9. The first-order chi connectivity index (χ1) is 30.8. The van der Waals surface area contributed by atoms with Crippen molar-refractivity contribution >= 4 is 47.8 Å². The summed E-state index contributed by atoms with van der Waals surface area (Å²) in [6.07, 6.45) is 5.37. The molecule has 4 atom stereocenters. The third kappa shape index (κ3) is 12.6. The maximum atomic E-state index is 14.2. The van der Waals surface area contributed by atoms with E-state index in [4.69, 9.17) is 38.4 Å². The Hall–Kier alpha value is -3.87. The van der Waals surface area contributed by atoms with Crippen molar-refractivity contribution in [2.75, 3.05) is 38.2 Å². The molecule has 2 fully saturated rings. The summed E-state index contributed by atoms with van der Waals surface area (Å²) in [5.41, 5.74) is 5.36. The molecule has 3 aromatic heterocycles. The molecule has 6 rings (SSSR count). The fourth-order valence-corrected chi connectivity index (χ4v) is 11.5. The third-order valence-corrected chi connectivity index (χ3v) is 21.1. The first-order valence-corrected chi connectivity index (χ1v) is 34.4. The van der Waals surface area contributed by atoms with Crippen molar-refractivity contribution in [1.29, 1.82) is 0 Å². The van der Waals surface area contributed by atoms with Crippen LogP contribution < -0.4 is 4.90 Å². The van der Waals surface area contributed by atoms with Crippen molar-refractivity contribution in [3.8, 4) is 22.4 Å². The molecule has 0 aliphatic carbocycles. The summed E-state index contributed by atoms with van der Waals surface area (Å²) >= 11 is 0. The van der Waals surface area contributed by atoms with Gasteiger partial charge in [0.25, 0.3) is 0 Å². The lowest BCUT2D eigenvalue weighted by Gasteiger charge is -2.43. The number of carbonyl (C=O) groups is 1. The first kappa shape index (κ1) is 51.5. The van der Waals surface area contributed by atoms with E-state index in [1.165, 1.54) is 0 Å². The highest BCUT2D eigenvalue weighted by Crippen LogP contribution is 2.50. The largest absolute Gasteiger partial charge is 0.494 e. The lowest BCUT2D eigenvalue weighted by molar-refractivity contribution is -0.00102. The third-order valence-electron chi connectivity index (χ3n) is 13.2. The van der Waals surface area contributed by atoms with Crippen LogP contribution in [0.3, 0.4) is 0 Å². The van der Waals surface area contributed by atoms with Crippen molar-refractivity contribution in [1.82, 2.24) is 24.5 Å². The van der Waals surface area contributed by atoms with Gasteiger partial charge in [-0.3, -0.25) is 9.88 Å². The molecule has 12 nitrogen and oxygen atoms in total. The number of anilines is 1. The van der Waals surface area contributed by atoms with Crippen LogP contribution in [0.25, 0.3) is 33.8 Å². The van der Waals surface area contributed by atoms with Gasteiger partial charge in [-0.15, -0.1) is 0 Å². The molecule has 4 unspecified atom stereocenters. The second-order valence-electron chi connectivity index (χ2n) is 23.3. The maximum Gasteiger partial charge on any atom is 0.410 e. The number of benzene rings is 1. The minimum Gasteiger partial charge on any atom is -0.494 e. The van der Waals surface area contributed by atoms with E-state index in [1.54, 1.807) is 0 Å². The molecule has 1 amide bonds. The van der Waals surface area contributed by atoms with Crippen LogP contribution in [-0.2, 0) is 23.4 Å². The predicted octanol–water partition coefficient (Wildman–Crippen LogP) is 12.5. The average molecular weight is 957 g/mol. The van der Waals surface area contributed by atoms with Crippen molar-refractivity contribution < 1.29 is 28.2 Å². The van der Waals surface area contributed by atoms with E-state index >= 15 is 0 Å². The highest BCUT2D eigenvalue weighted by molar-refractivity contribution is 6.76. The Kier molecular flexibility index (Phi) is 15.9. The van der Waals surface area contributed by atoms with Gasteiger partial charge in [0.1, 0.15) is 30.6 Å². The predicted molar refractivity (Wildman–Crippen MR) is 277 cm³/mol. The van der Waals surface area contributed by atoms with Crippen LogP contribution >= 0.6 is 0 Å². The van der Waals surface area contributed by atoms with E-state index in [0.29, 0.717) is 44.1 Å². The van der Waals surface area contributed by atoms with Crippen molar-refractivity contribution in [3.05, 3.63) is 72.7 Å². The summed E-state index contributed by atoms with van der Waals surface area (Å²) in [5, 5.41) is 5.11. The van der Waals surface area contributed by atoms with Crippen LogP contribution in [0.5, 0.6) is 0 Å². The number of nitrogens with zero attached hydrogens (tertiary/aromatic N) is 6. The molecule has 4 aromatic rings. The SMILES string of the molecule is C=C(OCC)c1c(C2CC3CC(O[Si](C)(C)C(C)(C)C)C(C2)N3C(=O)OC(C)(C)C)nc2c(-c3ccc(-c4ccccc4)nc3)cnn2c1N(COCC[Si](C)(C)C)COCC[Si](C)(C)C. The fraction of sp³-hybridized carbons (Fsp3) is 0.608. The Bertz CT molecular complexity index is 2260. The number of amides is 1. The zero-order valence-electron chi connectivity index (χ0n) is 42.9. The second kappa shape index (κ2) is 20.4. The topological polar surface area (TPSA) is 113 Å². The molecule has 0 radical (unpaired) electrons. The molecule has 0 N–H and O–H groups in total. The molecule has 362 valence electrons. The van der Waals surface area contributed by atoms with Crippen LogP contribution in [0.4, 0.5) is 10.6 Å². The van der Waals surface area contributed by atoms with E-state index in [9.17, 15) is 4.79 Å². The maximum absolute atomic E-state index is 14.2. The second-order valence-corrected chi connectivity index (χ2v) is 39.3. The molecule has 0 saturated carbocycles. The summed E-state index contributed by atoms with van der Waals surface area (Å²) in [6, 6.07) is 16.1. The normalized spacial score (nSPS) is 19.3. The lowest BCUT2D eigenvalue weighted by atomic mass is 9.85. The van der Waals surface area contributed by atoms with Gasteiger partial charge < -0.3 is 28.3 Å². The van der Waals surface area contributed by atoms with E-state index in [1.807, 2.05) is 67.7 Å². The molecule has 2 aliphatic heterocycles. The van der Waals surface area contributed by atoms with Gasteiger partial charge in [-0.25, -0.2) is 9.78 Å². The number of piperidine rings is 1.